The van der Waals surface area contributed by atoms with Crippen LogP contribution < -0.4 is 5.32 Å². The molecule has 22 heavy (non-hydrogen) atoms. The zero-order valence-electron chi connectivity index (χ0n) is 13.3. The van der Waals surface area contributed by atoms with Crippen molar-refractivity contribution in [3.05, 3.63) is 41.1 Å². The molecule has 2 rings (SSSR count). The van der Waals surface area contributed by atoms with Crippen molar-refractivity contribution in [2.75, 3.05) is 7.11 Å². The average Bonchev–Trinajstić information content (AvgIpc) is 2.46. The van der Waals surface area contributed by atoms with Gasteiger partial charge < -0.3 is 10.1 Å². The fraction of sp³-hybridized carbons (Fsp3) is 0.353. The molecule has 5 heteroatoms. The Kier molecular flexibility index (Phi) is 4.75. The Balaban J connectivity index is 2.23. The maximum Gasteiger partial charge on any atom is 0.307 e. The minimum atomic E-state index is -0.350. The number of hydrogen-bond acceptors (Lipinski definition) is 4. The van der Waals surface area contributed by atoms with Gasteiger partial charge in [0, 0.05) is 11.4 Å². The summed E-state index contributed by atoms with van der Waals surface area (Å²) in [7, 11) is 1.33. The summed E-state index contributed by atoms with van der Waals surface area (Å²) in [6, 6.07) is 7.47. The molecule has 0 saturated carbocycles. The maximum atomic E-state index is 12.4. The Hall–Kier alpha value is -2.43. The zero-order chi connectivity index (χ0) is 16.3. The van der Waals surface area contributed by atoms with E-state index in [0.29, 0.717) is 11.3 Å². The number of fused-ring (bicyclic) bond motifs is 1. The van der Waals surface area contributed by atoms with Gasteiger partial charge in [-0.05, 0) is 39.0 Å². The normalized spacial score (nSPS) is 12.0. The number of aromatic nitrogens is 1. The second-order valence-electron chi connectivity index (χ2n) is 5.47. The van der Waals surface area contributed by atoms with Gasteiger partial charge in [0.15, 0.2) is 0 Å². The third-order valence-electron chi connectivity index (χ3n) is 3.48. The summed E-state index contributed by atoms with van der Waals surface area (Å²) in [5.41, 5.74) is 3.17. The number of rotatable bonds is 4. The number of benzene rings is 1. The smallest absolute Gasteiger partial charge is 0.307 e. The van der Waals surface area contributed by atoms with E-state index in [9.17, 15) is 9.59 Å². The molecule has 1 aromatic carbocycles. The highest BCUT2D eigenvalue weighted by Crippen LogP contribution is 2.18. The Morgan fingerprint density at radius 2 is 2.00 bits per heavy atom. The van der Waals surface area contributed by atoms with E-state index < -0.39 is 0 Å². The van der Waals surface area contributed by atoms with Gasteiger partial charge in [-0.2, -0.15) is 0 Å². The van der Waals surface area contributed by atoms with Crippen molar-refractivity contribution in [2.24, 2.45) is 0 Å². The molecule has 0 aliphatic heterocycles. The van der Waals surface area contributed by atoms with Crippen molar-refractivity contribution in [3.63, 3.8) is 0 Å². The number of ether oxygens (including phenoxy) is 1. The molecule has 2 aromatic rings. The first-order chi connectivity index (χ1) is 10.4. The standard InChI is InChI=1S/C17H20N2O3/c1-10-5-6-15-13(7-10)9-14(12(3)19-15)17(21)18-11(2)8-16(20)22-4/h5-7,9,11H,8H2,1-4H3,(H,18,21). The molecular weight excluding hydrogens is 280 g/mol. The molecule has 5 nitrogen and oxygen atoms in total. The molecule has 0 spiro atoms. The van der Waals surface area contributed by atoms with E-state index >= 15 is 0 Å². The number of carbonyl (C=O) groups excluding carboxylic acids is 2. The van der Waals surface area contributed by atoms with Crippen molar-refractivity contribution in [2.45, 2.75) is 33.2 Å². The molecule has 1 heterocycles. The van der Waals surface area contributed by atoms with Crippen LogP contribution in [0.4, 0.5) is 0 Å². The van der Waals surface area contributed by atoms with Crippen molar-refractivity contribution < 1.29 is 14.3 Å². The number of nitrogens with one attached hydrogen (secondary N) is 1. The van der Waals surface area contributed by atoms with E-state index in [0.717, 1.165) is 16.5 Å². The highest BCUT2D eigenvalue weighted by Gasteiger charge is 2.16. The van der Waals surface area contributed by atoms with Crippen molar-refractivity contribution in [1.82, 2.24) is 10.3 Å². The molecule has 1 unspecified atom stereocenters. The third kappa shape index (κ3) is 3.61. The molecule has 0 bridgehead atoms. The fourth-order valence-corrected chi connectivity index (χ4v) is 2.31. The van der Waals surface area contributed by atoms with Crippen LogP contribution in [-0.4, -0.2) is 30.0 Å². The highest BCUT2D eigenvalue weighted by atomic mass is 16.5. The van der Waals surface area contributed by atoms with Gasteiger partial charge in [-0.25, -0.2) is 0 Å². The second kappa shape index (κ2) is 6.56. The minimum absolute atomic E-state index is 0.140. The summed E-state index contributed by atoms with van der Waals surface area (Å²) in [5, 5.41) is 3.73. The number of methoxy groups -OCH3 is 1. The number of pyridine rings is 1. The van der Waals surface area contributed by atoms with Gasteiger partial charge in [0.2, 0.25) is 0 Å². The summed E-state index contributed by atoms with van der Waals surface area (Å²) in [4.78, 5) is 28.1. The SMILES string of the molecule is COC(=O)CC(C)NC(=O)c1cc2cc(C)ccc2nc1C. The van der Waals surface area contributed by atoms with Gasteiger partial charge in [-0.15, -0.1) is 0 Å². The van der Waals surface area contributed by atoms with Crippen LogP contribution in [0.2, 0.25) is 0 Å². The lowest BCUT2D eigenvalue weighted by atomic mass is 10.1. The molecule has 0 aliphatic carbocycles. The first-order valence-corrected chi connectivity index (χ1v) is 7.16. The molecule has 1 atom stereocenters. The van der Waals surface area contributed by atoms with Crippen LogP contribution in [-0.2, 0) is 9.53 Å². The monoisotopic (exact) mass is 300 g/mol. The van der Waals surface area contributed by atoms with Crippen LogP contribution >= 0.6 is 0 Å². The number of nitrogens with zero attached hydrogens (tertiary/aromatic N) is 1. The Morgan fingerprint density at radius 3 is 2.68 bits per heavy atom. The number of hydrogen-bond donors (Lipinski definition) is 1. The van der Waals surface area contributed by atoms with E-state index in [1.807, 2.05) is 31.2 Å². The van der Waals surface area contributed by atoms with E-state index in [1.165, 1.54) is 7.11 Å². The molecule has 1 amide bonds. The van der Waals surface area contributed by atoms with E-state index in [1.54, 1.807) is 13.8 Å². The van der Waals surface area contributed by atoms with Crippen LogP contribution in [0.25, 0.3) is 10.9 Å². The van der Waals surface area contributed by atoms with E-state index in [-0.39, 0.29) is 24.3 Å². The van der Waals surface area contributed by atoms with Gasteiger partial charge in [-0.3, -0.25) is 14.6 Å². The lowest BCUT2D eigenvalue weighted by Crippen LogP contribution is -2.35. The lowest BCUT2D eigenvalue weighted by Gasteiger charge is -2.14. The molecule has 1 aromatic heterocycles. The minimum Gasteiger partial charge on any atom is -0.469 e. The van der Waals surface area contributed by atoms with Crippen LogP contribution in [0.1, 0.15) is 35.0 Å². The summed E-state index contributed by atoms with van der Waals surface area (Å²) in [6.45, 7) is 5.57. The van der Waals surface area contributed by atoms with Crippen LogP contribution in [0, 0.1) is 13.8 Å². The molecule has 0 radical (unpaired) electrons. The Bertz CT molecular complexity index is 725. The van der Waals surface area contributed by atoms with Crippen LogP contribution in [0.5, 0.6) is 0 Å². The second-order valence-corrected chi connectivity index (χ2v) is 5.47. The van der Waals surface area contributed by atoms with E-state index in [4.69, 9.17) is 0 Å². The zero-order valence-corrected chi connectivity index (χ0v) is 13.3. The average molecular weight is 300 g/mol. The highest BCUT2D eigenvalue weighted by molar-refractivity contribution is 5.99. The summed E-state index contributed by atoms with van der Waals surface area (Å²) in [6.07, 6.45) is 0.140. The summed E-state index contributed by atoms with van der Waals surface area (Å²) < 4.78 is 4.60. The molecule has 0 aliphatic rings. The van der Waals surface area contributed by atoms with Crippen molar-refractivity contribution >= 4 is 22.8 Å². The van der Waals surface area contributed by atoms with Crippen LogP contribution in [0.15, 0.2) is 24.3 Å². The fourth-order valence-electron chi connectivity index (χ4n) is 2.31. The maximum absolute atomic E-state index is 12.4. The van der Waals surface area contributed by atoms with Gasteiger partial charge in [0.05, 0.1) is 30.3 Å². The largest absolute Gasteiger partial charge is 0.469 e. The molecular formula is C17H20N2O3. The third-order valence-corrected chi connectivity index (χ3v) is 3.48. The first-order valence-electron chi connectivity index (χ1n) is 7.16. The van der Waals surface area contributed by atoms with Crippen molar-refractivity contribution in [3.8, 4) is 0 Å². The number of carbonyl (C=O) groups is 2. The summed E-state index contributed by atoms with van der Waals surface area (Å²) >= 11 is 0. The Morgan fingerprint density at radius 1 is 1.27 bits per heavy atom. The van der Waals surface area contributed by atoms with Gasteiger partial charge >= 0.3 is 5.97 Å². The number of amides is 1. The van der Waals surface area contributed by atoms with Gasteiger partial charge in [0.25, 0.3) is 5.91 Å². The summed E-state index contributed by atoms with van der Waals surface area (Å²) in [5.74, 6) is -0.582. The predicted octanol–water partition coefficient (Wildman–Crippen LogP) is 2.53. The molecule has 0 fully saturated rings. The molecule has 116 valence electrons. The first kappa shape index (κ1) is 15.9. The predicted molar refractivity (Wildman–Crippen MR) is 84.8 cm³/mol. The topological polar surface area (TPSA) is 68.3 Å². The molecule has 0 saturated heterocycles. The van der Waals surface area contributed by atoms with Crippen LogP contribution in [0.3, 0.4) is 0 Å². The number of esters is 1. The van der Waals surface area contributed by atoms with Crippen molar-refractivity contribution in [1.29, 1.82) is 0 Å². The van der Waals surface area contributed by atoms with Gasteiger partial charge in [0.1, 0.15) is 0 Å². The Labute approximate surface area is 129 Å². The lowest BCUT2D eigenvalue weighted by molar-refractivity contribution is -0.141. The van der Waals surface area contributed by atoms with Gasteiger partial charge in [-0.1, -0.05) is 11.6 Å². The number of aryl methyl sites for hydroxylation is 2. The van der Waals surface area contributed by atoms with E-state index in [2.05, 4.69) is 15.0 Å². The quantitative estimate of drug-likeness (QED) is 0.881. The molecule has 1 N–H and O–H groups in total.